The van der Waals surface area contributed by atoms with Crippen LogP contribution in [0.1, 0.15) is 54.4 Å². The summed E-state index contributed by atoms with van der Waals surface area (Å²) in [4.78, 5) is 17.5. The zero-order valence-electron chi connectivity index (χ0n) is 17.5. The Morgan fingerprint density at radius 3 is 2.58 bits per heavy atom. The summed E-state index contributed by atoms with van der Waals surface area (Å²) in [5.41, 5.74) is 2.19. The first-order chi connectivity index (χ1) is 14.7. The third-order valence-corrected chi connectivity index (χ3v) is 6.52. The average molecular weight is 441 g/mol. The molecule has 0 spiro atoms. The molecule has 0 bridgehead atoms. The maximum atomic E-state index is 13.0. The lowest BCUT2D eigenvalue weighted by Crippen LogP contribution is -2.26. The quantitative estimate of drug-likeness (QED) is 0.577. The molecule has 8 nitrogen and oxygen atoms in total. The second-order valence-corrected chi connectivity index (χ2v) is 9.70. The minimum Gasteiger partial charge on any atom is -0.334 e. The lowest BCUT2D eigenvalue weighted by Gasteiger charge is -2.12. The van der Waals surface area contributed by atoms with E-state index in [1.165, 1.54) is 12.1 Å². The van der Waals surface area contributed by atoms with Crippen LogP contribution in [0.3, 0.4) is 0 Å². The van der Waals surface area contributed by atoms with Crippen LogP contribution in [-0.4, -0.2) is 30.5 Å². The van der Waals surface area contributed by atoms with Gasteiger partial charge in [0, 0.05) is 17.5 Å². The van der Waals surface area contributed by atoms with Gasteiger partial charge in [-0.05, 0) is 49.6 Å². The molecule has 2 N–H and O–H groups in total. The fourth-order valence-corrected chi connectivity index (χ4v) is 4.42. The molecule has 0 aliphatic heterocycles. The van der Waals surface area contributed by atoms with Gasteiger partial charge in [-0.1, -0.05) is 37.2 Å². The molecule has 1 saturated carbocycles. The summed E-state index contributed by atoms with van der Waals surface area (Å²) in [6.07, 6.45) is 1.67. The summed E-state index contributed by atoms with van der Waals surface area (Å²) in [5, 5.41) is 6.88. The van der Waals surface area contributed by atoms with Crippen LogP contribution >= 0.6 is 0 Å². The number of amides is 1. The van der Waals surface area contributed by atoms with E-state index in [9.17, 15) is 13.2 Å². The normalized spacial score (nSPS) is 14.1. The van der Waals surface area contributed by atoms with Gasteiger partial charge < -0.3 is 9.84 Å². The third-order valence-electron chi connectivity index (χ3n) is 5.01. The fraction of sp³-hybridized carbons (Fsp3) is 0.318. The second-order valence-electron chi connectivity index (χ2n) is 7.99. The number of rotatable bonds is 7. The molecule has 0 radical (unpaired) electrons. The number of benzene rings is 2. The molecule has 1 heterocycles. The maximum Gasteiger partial charge on any atom is 0.260 e. The van der Waals surface area contributed by atoms with Crippen molar-refractivity contribution < 1.29 is 17.7 Å². The maximum absolute atomic E-state index is 13.0. The van der Waals surface area contributed by atoms with Crippen LogP contribution in [0.15, 0.2) is 51.9 Å². The summed E-state index contributed by atoms with van der Waals surface area (Å²) in [5.74, 6) is 0.569. The predicted octanol–water partition coefficient (Wildman–Crippen LogP) is 3.86. The van der Waals surface area contributed by atoms with Gasteiger partial charge in [0.25, 0.3) is 11.8 Å². The predicted molar refractivity (Wildman–Crippen MR) is 116 cm³/mol. The SMILES string of the molecule is Cc1cccc(-c2nc(C(C)C)no2)c1NC(=O)c1cccc(S(=O)(=O)NC2CC2)c1. The summed E-state index contributed by atoms with van der Waals surface area (Å²) in [6, 6.07) is 11.5. The first-order valence-corrected chi connectivity index (χ1v) is 11.6. The van der Waals surface area contributed by atoms with Crippen LogP contribution in [-0.2, 0) is 10.0 Å². The van der Waals surface area contributed by atoms with Gasteiger partial charge in [0.15, 0.2) is 5.82 Å². The number of carbonyl (C=O) groups excluding carboxylic acids is 1. The van der Waals surface area contributed by atoms with E-state index < -0.39 is 15.9 Å². The molecule has 1 amide bonds. The molecule has 31 heavy (non-hydrogen) atoms. The van der Waals surface area contributed by atoms with Crippen molar-refractivity contribution in [3.63, 3.8) is 0 Å². The molecule has 9 heteroatoms. The number of hydrogen-bond acceptors (Lipinski definition) is 6. The van der Waals surface area contributed by atoms with Crippen LogP contribution in [0.4, 0.5) is 5.69 Å². The zero-order chi connectivity index (χ0) is 22.2. The molecule has 162 valence electrons. The van der Waals surface area contributed by atoms with E-state index in [0.29, 0.717) is 23.0 Å². The Hall–Kier alpha value is -3.04. The Morgan fingerprint density at radius 1 is 1.16 bits per heavy atom. The standard InChI is InChI=1S/C22H24N4O4S/c1-13(2)20-24-22(30-25-20)18-9-4-6-14(3)19(18)23-21(27)15-7-5-8-17(12-15)31(28,29)26-16-10-11-16/h4-9,12-13,16,26H,10-11H2,1-3H3,(H,23,27). The van der Waals surface area contributed by atoms with Gasteiger partial charge in [-0.25, -0.2) is 13.1 Å². The first-order valence-electron chi connectivity index (χ1n) is 10.1. The molecule has 0 unspecified atom stereocenters. The number of nitrogens with zero attached hydrogens (tertiary/aromatic N) is 2. The van der Waals surface area contributed by atoms with E-state index in [2.05, 4.69) is 20.2 Å². The van der Waals surface area contributed by atoms with Crippen molar-refractivity contribution in [3.8, 4) is 11.5 Å². The molecule has 0 saturated heterocycles. The van der Waals surface area contributed by atoms with Gasteiger partial charge in [0.1, 0.15) is 0 Å². The summed E-state index contributed by atoms with van der Waals surface area (Å²) in [6.45, 7) is 5.79. The van der Waals surface area contributed by atoms with E-state index in [-0.39, 0.29) is 22.4 Å². The number of nitrogens with one attached hydrogen (secondary N) is 2. The van der Waals surface area contributed by atoms with Crippen molar-refractivity contribution in [1.29, 1.82) is 0 Å². The van der Waals surface area contributed by atoms with Crippen LogP contribution in [0.2, 0.25) is 0 Å². The summed E-state index contributed by atoms with van der Waals surface area (Å²) < 4.78 is 33.0. The number of anilines is 1. The number of hydrogen-bond donors (Lipinski definition) is 2. The molecule has 1 fully saturated rings. The van der Waals surface area contributed by atoms with E-state index in [4.69, 9.17) is 4.52 Å². The van der Waals surface area contributed by atoms with E-state index in [1.807, 2.05) is 32.9 Å². The molecular formula is C22H24N4O4S. The molecular weight excluding hydrogens is 416 g/mol. The van der Waals surface area contributed by atoms with E-state index >= 15 is 0 Å². The highest BCUT2D eigenvalue weighted by atomic mass is 32.2. The van der Waals surface area contributed by atoms with Crippen LogP contribution in [0.25, 0.3) is 11.5 Å². The minimum absolute atomic E-state index is 0.0119. The smallest absolute Gasteiger partial charge is 0.260 e. The Kier molecular flexibility index (Phi) is 5.63. The largest absolute Gasteiger partial charge is 0.334 e. The lowest BCUT2D eigenvalue weighted by molar-refractivity contribution is 0.102. The molecule has 0 atom stereocenters. The van der Waals surface area contributed by atoms with Crippen LogP contribution in [0.5, 0.6) is 0 Å². The number of aromatic nitrogens is 2. The van der Waals surface area contributed by atoms with Crippen molar-refractivity contribution >= 4 is 21.6 Å². The zero-order valence-corrected chi connectivity index (χ0v) is 18.4. The first kappa shape index (κ1) is 21.2. The van der Waals surface area contributed by atoms with E-state index in [0.717, 1.165) is 18.4 Å². The van der Waals surface area contributed by atoms with Crippen molar-refractivity contribution in [2.45, 2.75) is 50.5 Å². The van der Waals surface area contributed by atoms with Crippen LogP contribution in [0, 0.1) is 6.92 Å². The number of para-hydroxylation sites is 1. The van der Waals surface area contributed by atoms with Gasteiger partial charge in [0.05, 0.1) is 16.1 Å². The summed E-state index contributed by atoms with van der Waals surface area (Å²) in [7, 11) is -3.65. The Labute approximate surface area is 181 Å². The van der Waals surface area contributed by atoms with Gasteiger partial charge in [-0.3, -0.25) is 4.79 Å². The van der Waals surface area contributed by atoms with Gasteiger partial charge >= 0.3 is 0 Å². The van der Waals surface area contributed by atoms with Crippen molar-refractivity contribution in [1.82, 2.24) is 14.9 Å². The summed E-state index contributed by atoms with van der Waals surface area (Å²) >= 11 is 0. The fourth-order valence-electron chi connectivity index (χ4n) is 3.07. The lowest BCUT2D eigenvalue weighted by atomic mass is 10.1. The second kappa shape index (κ2) is 8.24. The highest BCUT2D eigenvalue weighted by molar-refractivity contribution is 7.89. The Bertz CT molecular complexity index is 1230. The molecule has 1 aliphatic rings. The molecule has 1 aliphatic carbocycles. The number of sulfonamides is 1. The average Bonchev–Trinajstić information content (AvgIpc) is 3.39. The molecule has 1 aromatic heterocycles. The third kappa shape index (κ3) is 4.67. The van der Waals surface area contributed by atoms with Crippen molar-refractivity contribution in [3.05, 3.63) is 59.4 Å². The van der Waals surface area contributed by atoms with Crippen LogP contribution < -0.4 is 10.0 Å². The minimum atomic E-state index is -3.65. The Morgan fingerprint density at radius 2 is 1.90 bits per heavy atom. The van der Waals surface area contributed by atoms with Gasteiger partial charge in [0.2, 0.25) is 10.0 Å². The van der Waals surface area contributed by atoms with Gasteiger partial charge in [-0.2, -0.15) is 4.98 Å². The van der Waals surface area contributed by atoms with Gasteiger partial charge in [-0.15, -0.1) is 0 Å². The molecule has 3 aromatic rings. The molecule has 2 aromatic carbocycles. The Balaban J connectivity index is 1.62. The monoisotopic (exact) mass is 440 g/mol. The van der Waals surface area contributed by atoms with E-state index in [1.54, 1.807) is 18.2 Å². The topological polar surface area (TPSA) is 114 Å². The molecule has 4 rings (SSSR count). The number of carbonyl (C=O) groups is 1. The number of aryl methyl sites for hydroxylation is 1. The van der Waals surface area contributed by atoms with Crippen molar-refractivity contribution in [2.24, 2.45) is 0 Å². The highest BCUT2D eigenvalue weighted by Crippen LogP contribution is 2.31. The van der Waals surface area contributed by atoms with Crippen molar-refractivity contribution in [2.75, 3.05) is 5.32 Å². The highest BCUT2D eigenvalue weighted by Gasteiger charge is 2.28.